The lowest BCUT2D eigenvalue weighted by molar-refractivity contribution is -0.347. The van der Waals surface area contributed by atoms with Gasteiger partial charge in [0.05, 0.1) is 12.7 Å². The van der Waals surface area contributed by atoms with Crippen LogP contribution in [0.25, 0.3) is 11.2 Å². The molecule has 0 spiro atoms. The number of aryl methyl sites for hydroxylation is 2. The monoisotopic (exact) mass is 473 g/mol. The van der Waals surface area contributed by atoms with Gasteiger partial charge in [-0.1, -0.05) is 35.3 Å². The molecule has 2 aromatic carbocycles. The molecule has 1 fully saturated rings. The molecule has 0 atom stereocenters. The van der Waals surface area contributed by atoms with Gasteiger partial charge in [0.2, 0.25) is 5.52 Å². The van der Waals surface area contributed by atoms with Crippen LogP contribution in [0, 0.1) is 6.92 Å². The van der Waals surface area contributed by atoms with Crippen molar-refractivity contribution in [1.29, 1.82) is 0 Å². The SMILES string of the molecule is Cc1cc(OCCCc2ccccc2)ccc1Nc1nc(NC2CCC(O)CC2)c2[nH]c[nH+]c2n1. The summed E-state index contributed by atoms with van der Waals surface area (Å²) in [7, 11) is 0. The zero-order valence-electron chi connectivity index (χ0n) is 20.1. The van der Waals surface area contributed by atoms with Crippen LogP contribution in [0.5, 0.6) is 5.75 Å². The van der Waals surface area contributed by atoms with Crippen molar-refractivity contribution in [2.45, 2.75) is 57.6 Å². The van der Waals surface area contributed by atoms with E-state index in [2.05, 4.69) is 49.9 Å². The molecule has 0 radical (unpaired) electrons. The molecule has 0 saturated heterocycles. The van der Waals surface area contributed by atoms with Gasteiger partial charge >= 0.3 is 11.6 Å². The van der Waals surface area contributed by atoms with Gasteiger partial charge < -0.3 is 20.5 Å². The van der Waals surface area contributed by atoms with Gasteiger partial charge in [-0.15, -0.1) is 0 Å². The summed E-state index contributed by atoms with van der Waals surface area (Å²) in [6, 6.07) is 16.8. The largest absolute Gasteiger partial charge is 0.494 e. The smallest absolute Gasteiger partial charge is 0.307 e. The van der Waals surface area contributed by atoms with Crippen LogP contribution in [0.4, 0.5) is 17.5 Å². The van der Waals surface area contributed by atoms with E-state index in [1.165, 1.54) is 5.56 Å². The number of aliphatic hydroxyl groups is 1. The number of nitrogens with one attached hydrogen (secondary N) is 4. The number of aromatic nitrogens is 4. The molecule has 35 heavy (non-hydrogen) atoms. The van der Waals surface area contributed by atoms with E-state index < -0.39 is 0 Å². The van der Waals surface area contributed by atoms with Crippen molar-refractivity contribution in [2.75, 3.05) is 17.2 Å². The lowest BCUT2D eigenvalue weighted by atomic mass is 9.93. The number of rotatable bonds is 9. The van der Waals surface area contributed by atoms with Gasteiger partial charge in [-0.3, -0.25) is 4.98 Å². The van der Waals surface area contributed by atoms with Crippen molar-refractivity contribution >= 4 is 28.6 Å². The van der Waals surface area contributed by atoms with E-state index >= 15 is 0 Å². The Bertz CT molecular complexity index is 1250. The van der Waals surface area contributed by atoms with Crippen LogP contribution in [-0.2, 0) is 6.42 Å². The van der Waals surface area contributed by atoms with Crippen LogP contribution in [0.15, 0.2) is 54.9 Å². The maximum absolute atomic E-state index is 9.81. The summed E-state index contributed by atoms with van der Waals surface area (Å²) in [4.78, 5) is 15.7. The zero-order chi connectivity index (χ0) is 24.0. The van der Waals surface area contributed by atoms with E-state index in [1.807, 2.05) is 31.2 Å². The molecule has 4 aromatic rings. The van der Waals surface area contributed by atoms with Gasteiger partial charge in [-0.2, -0.15) is 4.98 Å². The predicted octanol–water partition coefficient (Wildman–Crippen LogP) is 4.55. The summed E-state index contributed by atoms with van der Waals surface area (Å²) in [6.07, 6.45) is 7.02. The fraction of sp³-hybridized carbons (Fsp3) is 0.370. The second kappa shape index (κ2) is 10.7. The van der Waals surface area contributed by atoms with Crippen molar-refractivity contribution < 1.29 is 14.8 Å². The number of anilines is 3. The predicted molar refractivity (Wildman–Crippen MR) is 137 cm³/mol. The van der Waals surface area contributed by atoms with Crippen LogP contribution in [0.2, 0.25) is 0 Å². The minimum Gasteiger partial charge on any atom is -0.494 e. The molecule has 1 aliphatic carbocycles. The fourth-order valence-electron chi connectivity index (χ4n) is 4.55. The van der Waals surface area contributed by atoms with Crippen LogP contribution < -0.4 is 20.4 Å². The average Bonchev–Trinajstić information content (AvgIpc) is 3.35. The fourth-order valence-corrected chi connectivity index (χ4v) is 4.55. The number of aromatic amines is 2. The number of imidazole rings is 1. The van der Waals surface area contributed by atoms with Gasteiger partial charge in [-0.05, 0) is 74.8 Å². The zero-order valence-corrected chi connectivity index (χ0v) is 20.1. The summed E-state index contributed by atoms with van der Waals surface area (Å²) in [5.74, 6) is 2.14. The molecule has 5 rings (SSSR count). The number of fused-ring (bicyclic) bond motifs is 1. The normalized spacial score (nSPS) is 17.9. The van der Waals surface area contributed by atoms with Gasteiger partial charge in [0, 0.05) is 11.7 Å². The molecule has 2 aromatic heterocycles. The van der Waals surface area contributed by atoms with Crippen molar-refractivity contribution in [2.24, 2.45) is 0 Å². The average molecular weight is 474 g/mol. The number of nitrogens with zero attached hydrogens (tertiary/aromatic N) is 2. The van der Waals surface area contributed by atoms with Crippen molar-refractivity contribution in [3.05, 3.63) is 66.0 Å². The Balaban J connectivity index is 1.23. The second-order valence-electron chi connectivity index (χ2n) is 9.24. The number of aliphatic hydroxyl groups excluding tert-OH is 1. The Morgan fingerprint density at radius 1 is 1.09 bits per heavy atom. The van der Waals surface area contributed by atoms with Crippen molar-refractivity contribution in [1.82, 2.24) is 15.0 Å². The number of H-pyrrole nitrogens is 2. The summed E-state index contributed by atoms with van der Waals surface area (Å²) in [5.41, 5.74) is 4.90. The van der Waals surface area contributed by atoms with Crippen LogP contribution in [0.3, 0.4) is 0 Å². The Hall–Kier alpha value is -3.65. The lowest BCUT2D eigenvalue weighted by Crippen LogP contribution is -2.28. The maximum Gasteiger partial charge on any atom is 0.307 e. The highest BCUT2D eigenvalue weighted by atomic mass is 16.5. The molecule has 182 valence electrons. The third-order valence-corrected chi connectivity index (χ3v) is 6.54. The van der Waals surface area contributed by atoms with Gasteiger partial charge in [0.1, 0.15) is 5.75 Å². The Kier molecular flexibility index (Phi) is 7.09. The molecule has 1 saturated carbocycles. The second-order valence-corrected chi connectivity index (χ2v) is 9.24. The molecule has 1 aliphatic rings. The molecular weight excluding hydrogens is 440 g/mol. The Morgan fingerprint density at radius 3 is 2.71 bits per heavy atom. The highest BCUT2D eigenvalue weighted by Gasteiger charge is 2.23. The van der Waals surface area contributed by atoms with Crippen LogP contribution >= 0.6 is 0 Å². The maximum atomic E-state index is 9.81. The molecule has 0 aliphatic heterocycles. The standard InChI is InChI=1S/C27H32N6O2/c1-18-16-22(35-15-5-8-19-6-3-2-4-7-19)13-14-23(18)31-27-32-25-24(28-17-29-25)26(33-27)30-20-9-11-21(34)12-10-20/h2-4,6-7,13-14,16-17,20-21,34H,5,8-12,15H2,1H3,(H3,28,29,30,31,32,33)/p+1. The summed E-state index contributed by atoms with van der Waals surface area (Å²) in [5, 5.41) is 16.7. The van der Waals surface area contributed by atoms with Crippen LogP contribution in [-0.4, -0.2) is 38.8 Å². The highest BCUT2D eigenvalue weighted by Crippen LogP contribution is 2.27. The number of benzene rings is 2. The molecule has 0 unspecified atom stereocenters. The first-order chi connectivity index (χ1) is 17.1. The third kappa shape index (κ3) is 5.89. The minimum absolute atomic E-state index is 0.187. The summed E-state index contributed by atoms with van der Waals surface area (Å²) in [6.45, 7) is 2.73. The molecular formula is C27H33N6O2+. The topological polar surface area (TPSA) is 109 Å². The van der Waals surface area contributed by atoms with E-state index in [0.29, 0.717) is 12.6 Å². The van der Waals surface area contributed by atoms with Crippen molar-refractivity contribution in [3.63, 3.8) is 0 Å². The van der Waals surface area contributed by atoms with E-state index in [1.54, 1.807) is 6.33 Å². The molecule has 8 nitrogen and oxygen atoms in total. The molecule has 0 amide bonds. The first-order valence-corrected chi connectivity index (χ1v) is 12.4. The lowest BCUT2D eigenvalue weighted by Gasteiger charge is -2.26. The van der Waals surface area contributed by atoms with Gasteiger partial charge in [0.25, 0.3) is 0 Å². The van der Waals surface area contributed by atoms with Gasteiger partial charge in [0.15, 0.2) is 12.1 Å². The first kappa shape index (κ1) is 23.1. The van der Waals surface area contributed by atoms with Gasteiger partial charge in [-0.25, -0.2) is 4.98 Å². The Labute approximate surface area is 205 Å². The summed E-state index contributed by atoms with van der Waals surface area (Å²) >= 11 is 0. The van der Waals surface area contributed by atoms with Crippen molar-refractivity contribution in [3.8, 4) is 5.75 Å². The third-order valence-electron chi connectivity index (χ3n) is 6.54. The number of ether oxygens (including phenoxy) is 1. The first-order valence-electron chi connectivity index (χ1n) is 12.4. The van der Waals surface area contributed by atoms with E-state index in [4.69, 9.17) is 9.72 Å². The quantitative estimate of drug-likeness (QED) is 0.266. The Morgan fingerprint density at radius 2 is 1.91 bits per heavy atom. The van der Waals surface area contributed by atoms with E-state index in [0.717, 1.165) is 72.5 Å². The number of hydrogen-bond acceptors (Lipinski definition) is 6. The van der Waals surface area contributed by atoms with Crippen LogP contribution in [0.1, 0.15) is 43.2 Å². The number of hydrogen-bond donors (Lipinski definition) is 4. The summed E-state index contributed by atoms with van der Waals surface area (Å²) < 4.78 is 5.98. The molecule has 8 heteroatoms. The van der Waals surface area contributed by atoms with E-state index in [9.17, 15) is 5.11 Å². The minimum atomic E-state index is -0.187. The molecule has 2 heterocycles. The highest BCUT2D eigenvalue weighted by molar-refractivity contribution is 5.82. The molecule has 5 N–H and O–H groups in total. The molecule has 0 bridgehead atoms. The van der Waals surface area contributed by atoms with E-state index in [-0.39, 0.29) is 12.1 Å².